The number of benzene rings is 1. The van der Waals surface area contributed by atoms with Gasteiger partial charge in [-0.3, -0.25) is 4.79 Å². The predicted octanol–water partition coefficient (Wildman–Crippen LogP) is 2.78. The Balaban J connectivity index is 2.11. The minimum absolute atomic E-state index is 0.121. The third-order valence-corrected chi connectivity index (χ3v) is 4.39. The molecular formula is C17H25NO2. The van der Waals surface area contributed by atoms with E-state index in [0.29, 0.717) is 0 Å². The number of aliphatic hydroxyl groups excluding tert-OH is 1. The van der Waals surface area contributed by atoms with Gasteiger partial charge in [-0.05, 0) is 38.2 Å². The zero-order valence-electron chi connectivity index (χ0n) is 12.3. The summed E-state index contributed by atoms with van der Waals surface area (Å²) >= 11 is 0. The lowest BCUT2D eigenvalue weighted by Crippen LogP contribution is -2.46. The predicted molar refractivity (Wildman–Crippen MR) is 80.5 cm³/mol. The third-order valence-electron chi connectivity index (χ3n) is 4.39. The van der Waals surface area contributed by atoms with Gasteiger partial charge in [-0.1, -0.05) is 43.2 Å². The molecular weight excluding hydrogens is 250 g/mol. The first-order chi connectivity index (χ1) is 9.69. The number of nitrogens with one attached hydrogen (secondary N) is 1. The van der Waals surface area contributed by atoms with Crippen molar-refractivity contribution in [2.24, 2.45) is 0 Å². The molecule has 1 fully saturated rings. The summed E-state index contributed by atoms with van der Waals surface area (Å²) in [4.78, 5) is 12.8. The molecule has 1 atom stereocenters. The van der Waals surface area contributed by atoms with Gasteiger partial charge in [-0.25, -0.2) is 0 Å². The van der Waals surface area contributed by atoms with Crippen molar-refractivity contribution in [3.05, 3.63) is 35.9 Å². The van der Waals surface area contributed by atoms with E-state index < -0.39 is 0 Å². The highest BCUT2D eigenvalue weighted by atomic mass is 16.3. The second kappa shape index (κ2) is 6.89. The number of amides is 1. The number of rotatable bonds is 6. The van der Waals surface area contributed by atoms with E-state index in [1.807, 2.05) is 25.1 Å². The van der Waals surface area contributed by atoms with Crippen molar-refractivity contribution in [2.45, 2.75) is 56.9 Å². The fraction of sp³-hybridized carbons (Fsp3) is 0.588. The van der Waals surface area contributed by atoms with Gasteiger partial charge in [0.15, 0.2) is 0 Å². The van der Waals surface area contributed by atoms with Crippen LogP contribution in [0.1, 0.15) is 51.0 Å². The monoisotopic (exact) mass is 275 g/mol. The Morgan fingerprint density at radius 1 is 1.30 bits per heavy atom. The molecule has 3 heteroatoms. The van der Waals surface area contributed by atoms with Gasteiger partial charge in [0.05, 0.1) is 5.41 Å². The standard InChI is InChI=1S/C17H25NO2/c1-14(8-7-13-19)18-16(20)17(11-5-6-12-17)15-9-3-2-4-10-15/h2-4,9-10,14,19H,5-8,11-13H2,1H3,(H,18,20). The summed E-state index contributed by atoms with van der Waals surface area (Å²) in [5.41, 5.74) is 0.804. The first kappa shape index (κ1) is 15.0. The van der Waals surface area contributed by atoms with Crippen molar-refractivity contribution >= 4 is 5.91 Å². The largest absolute Gasteiger partial charge is 0.396 e. The molecule has 20 heavy (non-hydrogen) atoms. The first-order valence-corrected chi connectivity index (χ1v) is 7.66. The van der Waals surface area contributed by atoms with E-state index in [-0.39, 0.29) is 24.0 Å². The molecule has 0 saturated heterocycles. The van der Waals surface area contributed by atoms with Gasteiger partial charge < -0.3 is 10.4 Å². The highest BCUT2D eigenvalue weighted by Gasteiger charge is 2.42. The summed E-state index contributed by atoms with van der Waals surface area (Å²) in [5, 5.41) is 12.0. The highest BCUT2D eigenvalue weighted by molar-refractivity contribution is 5.88. The van der Waals surface area contributed by atoms with Crippen LogP contribution in [0.25, 0.3) is 0 Å². The molecule has 1 unspecified atom stereocenters. The number of carbonyl (C=O) groups excluding carboxylic acids is 1. The zero-order valence-corrected chi connectivity index (χ0v) is 12.3. The summed E-state index contributed by atoms with van der Waals surface area (Å²) in [7, 11) is 0. The average molecular weight is 275 g/mol. The number of aliphatic hydroxyl groups is 1. The van der Waals surface area contributed by atoms with Crippen LogP contribution < -0.4 is 5.32 Å². The van der Waals surface area contributed by atoms with Gasteiger partial charge in [-0.2, -0.15) is 0 Å². The maximum atomic E-state index is 12.8. The minimum Gasteiger partial charge on any atom is -0.396 e. The summed E-state index contributed by atoms with van der Waals surface area (Å²) in [6.07, 6.45) is 5.68. The molecule has 1 aromatic rings. The maximum absolute atomic E-state index is 12.8. The lowest BCUT2D eigenvalue weighted by atomic mass is 9.78. The van der Waals surface area contributed by atoms with E-state index in [9.17, 15) is 4.79 Å². The molecule has 1 saturated carbocycles. The van der Waals surface area contributed by atoms with Gasteiger partial charge >= 0.3 is 0 Å². The lowest BCUT2D eigenvalue weighted by molar-refractivity contribution is -0.127. The van der Waals surface area contributed by atoms with Crippen LogP contribution in [0, 0.1) is 0 Å². The van der Waals surface area contributed by atoms with Crippen LogP contribution in [0.5, 0.6) is 0 Å². The second-order valence-electron chi connectivity index (χ2n) is 5.90. The Bertz CT molecular complexity index is 424. The molecule has 2 rings (SSSR count). The van der Waals surface area contributed by atoms with Crippen LogP contribution in [0.15, 0.2) is 30.3 Å². The van der Waals surface area contributed by atoms with Crippen molar-refractivity contribution in [3.63, 3.8) is 0 Å². The molecule has 0 aliphatic heterocycles. The molecule has 1 amide bonds. The number of hydrogen-bond donors (Lipinski definition) is 2. The van der Waals surface area contributed by atoms with Crippen LogP contribution >= 0.6 is 0 Å². The van der Waals surface area contributed by atoms with E-state index in [1.54, 1.807) is 0 Å². The molecule has 0 radical (unpaired) electrons. The normalized spacial score (nSPS) is 18.7. The Kier molecular flexibility index (Phi) is 5.18. The molecule has 0 aromatic heterocycles. The van der Waals surface area contributed by atoms with Crippen molar-refractivity contribution in [2.75, 3.05) is 6.61 Å². The van der Waals surface area contributed by atoms with Crippen LogP contribution in [0.2, 0.25) is 0 Å². The quantitative estimate of drug-likeness (QED) is 0.838. The summed E-state index contributed by atoms with van der Waals surface area (Å²) < 4.78 is 0. The van der Waals surface area contributed by atoms with E-state index in [1.165, 1.54) is 0 Å². The van der Waals surface area contributed by atoms with Crippen LogP contribution in [-0.4, -0.2) is 23.7 Å². The summed E-state index contributed by atoms with van der Waals surface area (Å²) in [5.74, 6) is 0.159. The Morgan fingerprint density at radius 2 is 1.95 bits per heavy atom. The summed E-state index contributed by atoms with van der Waals surface area (Å²) in [6.45, 7) is 2.20. The van der Waals surface area contributed by atoms with E-state index in [4.69, 9.17) is 5.11 Å². The van der Waals surface area contributed by atoms with Crippen LogP contribution in [-0.2, 0) is 10.2 Å². The summed E-state index contributed by atoms with van der Waals surface area (Å²) in [6, 6.07) is 10.3. The number of carbonyl (C=O) groups is 1. The van der Waals surface area contributed by atoms with Crippen molar-refractivity contribution in [3.8, 4) is 0 Å². The van der Waals surface area contributed by atoms with Gasteiger partial charge in [0.1, 0.15) is 0 Å². The molecule has 110 valence electrons. The van der Waals surface area contributed by atoms with Gasteiger partial charge in [-0.15, -0.1) is 0 Å². The van der Waals surface area contributed by atoms with Crippen molar-refractivity contribution in [1.29, 1.82) is 0 Å². The zero-order chi connectivity index (χ0) is 14.4. The molecule has 1 aromatic carbocycles. The topological polar surface area (TPSA) is 49.3 Å². The first-order valence-electron chi connectivity index (χ1n) is 7.66. The molecule has 0 bridgehead atoms. The van der Waals surface area contributed by atoms with Crippen LogP contribution in [0.4, 0.5) is 0 Å². The Morgan fingerprint density at radius 3 is 2.55 bits per heavy atom. The highest BCUT2D eigenvalue weighted by Crippen LogP contribution is 2.41. The Hall–Kier alpha value is -1.35. The molecule has 1 aliphatic rings. The van der Waals surface area contributed by atoms with Gasteiger partial charge in [0.25, 0.3) is 0 Å². The van der Waals surface area contributed by atoms with E-state index >= 15 is 0 Å². The van der Waals surface area contributed by atoms with Gasteiger partial charge in [0.2, 0.25) is 5.91 Å². The van der Waals surface area contributed by atoms with E-state index in [0.717, 1.165) is 44.1 Å². The lowest BCUT2D eigenvalue weighted by Gasteiger charge is -2.30. The molecule has 0 heterocycles. The minimum atomic E-state index is -0.339. The molecule has 3 nitrogen and oxygen atoms in total. The van der Waals surface area contributed by atoms with Crippen molar-refractivity contribution < 1.29 is 9.90 Å². The fourth-order valence-corrected chi connectivity index (χ4v) is 3.21. The second-order valence-corrected chi connectivity index (χ2v) is 5.90. The average Bonchev–Trinajstić information content (AvgIpc) is 2.97. The number of hydrogen-bond acceptors (Lipinski definition) is 2. The SMILES string of the molecule is CC(CCCO)NC(=O)C1(c2ccccc2)CCCC1. The van der Waals surface area contributed by atoms with Gasteiger partial charge in [0, 0.05) is 12.6 Å². The smallest absolute Gasteiger partial charge is 0.230 e. The Labute approximate surface area is 121 Å². The third kappa shape index (κ3) is 3.21. The van der Waals surface area contributed by atoms with Crippen LogP contribution in [0.3, 0.4) is 0 Å². The fourth-order valence-electron chi connectivity index (χ4n) is 3.21. The maximum Gasteiger partial charge on any atom is 0.230 e. The molecule has 0 spiro atoms. The molecule has 2 N–H and O–H groups in total. The van der Waals surface area contributed by atoms with Crippen molar-refractivity contribution in [1.82, 2.24) is 5.32 Å². The van der Waals surface area contributed by atoms with E-state index in [2.05, 4.69) is 17.4 Å². The molecule has 1 aliphatic carbocycles.